The molecule has 8 heteroatoms. The first-order valence-corrected chi connectivity index (χ1v) is 9.41. The summed E-state index contributed by atoms with van der Waals surface area (Å²) in [6, 6.07) is 0. The van der Waals surface area contributed by atoms with Crippen LogP contribution in [-0.2, 0) is 40.6 Å². The van der Waals surface area contributed by atoms with Crippen molar-refractivity contribution in [1.29, 1.82) is 0 Å². The number of unbranched alkanes of at least 4 members (excludes halogenated alkanes) is 6. The van der Waals surface area contributed by atoms with E-state index < -0.39 is 17.9 Å². The molecule has 0 aliphatic rings. The fourth-order valence-corrected chi connectivity index (χ4v) is 1.58. The molecule has 0 rings (SSSR count). The average molecular weight is 472 g/mol. The van der Waals surface area contributed by atoms with Gasteiger partial charge in [-0.1, -0.05) is 59.3 Å². The minimum Gasteiger partial charge on any atom is -0.481 e. The molecular formula is C19H40O7Zr. The number of aliphatic hydroxyl groups excluding tert-OH is 1. The van der Waals surface area contributed by atoms with Gasteiger partial charge in [-0.25, -0.2) is 0 Å². The van der Waals surface area contributed by atoms with Gasteiger partial charge in [0.2, 0.25) is 0 Å². The Morgan fingerprint density at radius 2 is 0.704 bits per heavy atom. The van der Waals surface area contributed by atoms with Crippen LogP contribution in [0.4, 0.5) is 0 Å². The Kier molecular flexibility index (Phi) is 49.7. The van der Waals surface area contributed by atoms with E-state index in [1.165, 1.54) is 0 Å². The van der Waals surface area contributed by atoms with Crippen LogP contribution in [-0.4, -0.2) is 45.4 Å². The molecule has 0 amide bonds. The first-order chi connectivity index (χ1) is 12.3. The molecule has 4 N–H and O–H groups in total. The quantitative estimate of drug-likeness (QED) is 0.307. The Labute approximate surface area is 183 Å². The SMILES string of the molecule is CCCCCC(=O)O.CCCCCC(=O)O.CCCCCC(=O)O.CO.[Zr]. The fraction of sp³-hybridized carbons (Fsp3) is 0.842. The number of aliphatic carboxylic acids is 3. The molecule has 0 saturated heterocycles. The topological polar surface area (TPSA) is 132 Å². The molecule has 0 bridgehead atoms. The largest absolute Gasteiger partial charge is 0.481 e. The number of hydrogen-bond donors (Lipinski definition) is 4. The predicted octanol–water partition coefficient (Wildman–Crippen LogP) is 4.56. The molecule has 0 aliphatic heterocycles. The summed E-state index contributed by atoms with van der Waals surface area (Å²) in [7, 11) is 1.00. The molecule has 0 aliphatic carbocycles. The van der Waals surface area contributed by atoms with Crippen LogP contribution in [0.5, 0.6) is 0 Å². The van der Waals surface area contributed by atoms with Gasteiger partial charge >= 0.3 is 17.9 Å². The number of hydrogen-bond acceptors (Lipinski definition) is 4. The molecule has 27 heavy (non-hydrogen) atoms. The standard InChI is InChI=1S/3C6H12O2.CH4O.Zr/c3*1-2-3-4-5-6(7)8;1-2;/h3*2-5H2,1H3,(H,7,8);2H,1H3;. The van der Waals surface area contributed by atoms with Crippen molar-refractivity contribution in [3.8, 4) is 0 Å². The van der Waals surface area contributed by atoms with Crippen molar-refractivity contribution >= 4 is 17.9 Å². The summed E-state index contributed by atoms with van der Waals surface area (Å²) >= 11 is 0. The van der Waals surface area contributed by atoms with E-state index in [0.29, 0.717) is 19.3 Å². The van der Waals surface area contributed by atoms with Crippen LogP contribution in [0.25, 0.3) is 0 Å². The number of carboxylic acid groups (broad SMARTS) is 3. The first kappa shape index (κ1) is 37.1. The summed E-state index contributed by atoms with van der Waals surface area (Å²) in [6.07, 6.45) is 9.83. The molecule has 0 saturated carbocycles. The smallest absolute Gasteiger partial charge is 0.303 e. The molecule has 0 radical (unpaired) electrons. The second-order valence-corrected chi connectivity index (χ2v) is 5.55. The first-order valence-electron chi connectivity index (χ1n) is 9.41. The summed E-state index contributed by atoms with van der Waals surface area (Å²) in [5.74, 6) is -2.05. The molecule has 0 atom stereocenters. The van der Waals surface area contributed by atoms with Crippen molar-refractivity contribution in [2.75, 3.05) is 7.11 Å². The zero-order valence-electron chi connectivity index (χ0n) is 17.5. The number of carbonyl (C=O) groups is 3. The molecule has 162 valence electrons. The summed E-state index contributed by atoms with van der Waals surface area (Å²) in [5, 5.41) is 31.4. The molecular weight excluding hydrogens is 431 g/mol. The van der Waals surface area contributed by atoms with Crippen LogP contribution in [0.3, 0.4) is 0 Å². The maximum Gasteiger partial charge on any atom is 0.303 e. The van der Waals surface area contributed by atoms with Crippen LogP contribution < -0.4 is 0 Å². The van der Waals surface area contributed by atoms with Crippen molar-refractivity contribution in [3.63, 3.8) is 0 Å². The van der Waals surface area contributed by atoms with Crippen LogP contribution in [0.1, 0.15) is 97.8 Å². The Balaban J connectivity index is -0.0000000840. The van der Waals surface area contributed by atoms with Gasteiger partial charge in [0.25, 0.3) is 0 Å². The molecule has 0 aromatic carbocycles. The summed E-state index contributed by atoms with van der Waals surface area (Å²) in [5.41, 5.74) is 0. The van der Waals surface area contributed by atoms with Gasteiger partial charge in [0.05, 0.1) is 0 Å². The van der Waals surface area contributed by atoms with Crippen molar-refractivity contribution in [1.82, 2.24) is 0 Å². The average Bonchev–Trinajstić information content (AvgIpc) is 2.58. The minimum absolute atomic E-state index is 0. The normalized spacial score (nSPS) is 8.33. The third-order valence-electron chi connectivity index (χ3n) is 2.98. The van der Waals surface area contributed by atoms with Gasteiger partial charge in [-0.05, 0) is 19.3 Å². The van der Waals surface area contributed by atoms with Gasteiger partial charge in [0.15, 0.2) is 0 Å². The van der Waals surface area contributed by atoms with Gasteiger partial charge in [0, 0.05) is 52.6 Å². The molecule has 7 nitrogen and oxygen atoms in total. The van der Waals surface area contributed by atoms with Gasteiger partial charge in [-0.15, -0.1) is 0 Å². The number of aliphatic hydroxyl groups is 1. The van der Waals surface area contributed by atoms with E-state index in [9.17, 15) is 14.4 Å². The summed E-state index contributed by atoms with van der Waals surface area (Å²) < 4.78 is 0. The van der Waals surface area contributed by atoms with Crippen LogP contribution in [0, 0.1) is 0 Å². The Hall–Kier alpha value is -0.747. The fourth-order valence-electron chi connectivity index (χ4n) is 1.58. The maximum atomic E-state index is 9.87. The Morgan fingerprint density at radius 3 is 0.815 bits per heavy atom. The van der Waals surface area contributed by atoms with Crippen molar-refractivity contribution in [2.45, 2.75) is 97.8 Å². The monoisotopic (exact) mass is 470 g/mol. The van der Waals surface area contributed by atoms with Gasteiger partial charge in [0.1, 0.15) is 0 Å². The van der Waals surface area contributed by atoms with Crippen LogP contribution >= 0.6 is 0 Å². The molecule has 0 heterocycles. The molecule has 0 aromatic rings. The second kappa shape index (κ2) is 36.2. The number of rotatable bonds is 12. The van der Waals surface area contributed by atoms with Crippen LogP contribution in [0.2, 0.25) is 0 Å². The van der Waals surface area contributed by atoms with E-state index in [1.54, 1.807) is 0 Å². The zero-order chi connectivity index (χ0) is 21.2. The molecule has 0 spiro atoms. The van der Waals surface area contributed by atoms with Gasteiger partial charge in [-0.2, -0.15) is 0 Å². The number of carboxylic acids is 3. The summed E-state index contributed by atoms with van der Waals surface area (Å²) in [4.78, 5) is 29.6. The van der Waals surface area contributed by atoms with Gasteiger partial charge in [-0.3, -0.25) is 14.4 Å². The van der Waals surface area contributed by atoms with Gasteiger partial charge < -0.3 is 20.4 Å². The van der Waals surface area contributed by atoms with E-state index in [-0.39, 0.29) is 26.2 Å². The Morgan fingerprint density at radius 1 is 0.519 bits per heavy atom. The van der Waals surface area contributed by atoms with Crippen LogP contribution in [0.15, 0.2) is 0 Å². The van der Waals surface area contributed by atoms with E-state index >= 15 is 0 Å². The third-order valence-corrected chi connectivity index (χ3v) is 2.98. The Bertz CT molecular complexity index is 263. The van der Waals surface area contributed by atoms with E-state index in [0.717, 1.165) is 64.9 Å². The summed E-state index contributed by atoms with van der Waals surface area (Å²) in [6.45, 7) is 6.17. The second-order valence-electron chi connectivity index (χ2n) is 5.55. The third kappa shape index (κ3) is 67.2. The molecule has 0 fully saturated rings. The molecule has 0 aromatic heterocycles. The van der Waals surface area contributed by atoms with Crippen molar-refractivity contribution < 1.29 is 61.0 Å². The van der Waals surface area contributed by atoms with E-state index in [1.807, 2.05) is 0 Å². The maximum absolute atomic E-state index is 9.87. The predicted molar refractivity (Wildman–Crippen MR) is 103 cm³/mol. The minimum atomic E-state index is -0.682. The van der Waals surface area contributed by atoms with Crippen molar-refractivity contribution in [3.05, 3.63) is 0 Å². The van der Waals surface area contributed by atoms with E-state index in [4.69, 9.17) is 20.4 Å². The van der Waals surface area contributed by atoms with Crippen molar-refractivity contribution in [2.24, 2.45) is 0 Å². The molecule has 0 unspecified atom stereocenters. The van der Waals surface area contributed by atoms with E-state index in [2.05, 4.69) is 20.8 Å². The zero-order valence-corrected chi connectivity index (χ0v) is 20.0.